The number of nitrogens with zero attached hydrogens (tertiary/aromatic N) is 3. The number of methoxy groups -OCH3 is 1. The van der Waals surface area contributed by atoms with Crippen LogP contribution in [0, 0.1) is 0 Å². The maximum atomic E-state index is 13.9. The van der Waals surface area contributed by atoms with Crippen molar-refractivity contribution < 1.29 is 27.8 Å². The zero-order valence-electron chi connectivity index (χ0n) is 20.2. The van der Waals surface area contributed by atoms with Crippen LogP contribution in [-0.2, 0) is 19.9 Å². The predicted molar refractivity (Wildman–Crippen MR) is 126 cm³/mol. The van der Waals surface area contributed by atoms with Crippen molar-refractivity contribution in [2.75, 3.05) is 25.5 Å². The molecule has 2 fully saturated rings. The van der Waals surface area contributed by atoms with E-state index in [1.165, 1.54) is 6.07 Å². The molecule has 190 valence electrons. The van der Waals surface area contributed by atoms with E-state index in [9.17, 15) is 18.4 Å². The Bertz CT molecular complexity index is 1040. The molecule has 2 aromatic rings. The minimum Gasteiger partial charge on any atom is -0.433 e. The number of amides is 1. The fraction of sp³-hybridized carbons (Fsp3) is 0.560. The van der Waals surface area contributed by atoms with Crippen LogP contribution in [0.15, 0.2) is 36.5 Å². The number of carbonyl (C=O) groups excluding carboxylic acids is 2. The van der Waals surface area contributed by atoms with Crippen molar-refractivity contribution >= 4 is 17.9 Å². The summed E-state index contributed by atoms with van der Waals surface area (Å²) in [6.07, 6.45) is 4.79. The number of anilines is 1. The Balaban J connectivity index is 1.59. The van der Waals surface area contributed by atoms with Crippen molar-refractivity contribution in [3.05, 3.63) is 42.2 Å². The number of aromatic nitrogens is 2. The molecule has 1 saturated carbocycles. The molecule has 1 aliphatic carbocycles. The number of aldehydes is 1. The number of rotatable bonds is 9. The highest BCUT2D eigenvalue weighted by molar-refractivity contribution is 5.98. The van der Waals surface area contributed by atoms with E-state index in [0.717, 1.165) is 12.0 Å². The Morgan fingerprint density at radius 3 is 2.49 bits per heavy atom. The Morgan fingerprint density at radius 2 is 1.89 bits per heavy atom. The number of ether oxygens (including phenoxy) is 2. The van der Waals surface area contributed by atoms with Crippen LogP contribution in [0.25, 0.3) is 0 Å². The molecule has 0 bridgehead atoms. The topological polar surface area (TPSA) is 85.7 Å². The van der Waals surface area contributed by atoms with Gasteiger partial charge in [0.25, 0.3) is 5.91 Å². The first-order valence-corrected chi connectivity index (χ1v) is 11.9. The largest absolute Gasteiger partial charge is 0.433 e. The molecule has 1 aromatic carbocycles. The quantitative estimate of drug-likeness (QED) is 0.539. The molecule has 0 radical (unpaired) electrons. The fourth-order valence-electron chi connectivity index (χ4n) is 5.22. The van der Waals surface area contributed by atoms with Crippen molar-refractivity contribution in [2.24, 2.45) is 0 Å². The van der Waals surface area contributed by atoms with E-state index < -0.39 is 17.8 Å². The standard InChI is InChI=1S/C25H32F2N4O4/c1-17(2)20-8-11-28-31(20)25(22(33)29-19-6-4-5-7-21(19)35-23(26)27)9-12-30(13-10-25)18-14-24(15-18,16-32)34-3/h4-8,11,16-18,23H,9-10,12-15H2,1-3H3,(H,29,33). The van der Waals surface area contributed by atoms with Gasteiger partial charge in [-0.1, -0.05) is 26.0 Å². The number of hydrogen-bond acceptors (Lipinski definition) is 6. The van der Waals surface area contributed by atoms with Crippen LogP contribution in [0.1, 0.15) is 51.1 Å². The number of piperidine rings is 1. The normalized spacial score (nSPS) is 24.3. The first-order chi connectivity index (χ1) is 16.7. The Kier molecular flexibility index (Phi) is 7.23. The van der Waals surface area contributed by atoms with Crippen molar-refractivity contribution in [1.82, 2.24) is 14.7 Å². The number of likely N-dealkylation sites (tertiary alicyclic amines) is 1. The van der Waals surface area contributed by atoms with Gasteiger partial charge >= 0.3 is 6.61 Å². The fourth-order valence-corrected chi connectivity index (χ4v) is 5.22. The van der Waals surface area contributed by atoms with Crippen LogP contribution in [0.4, 0.5) is 14.5 Å². The van der Waals surface area contributed by atoms with E-state index in [0.29, 0.717) is 38.8 Å². The summed E-state index contributed by atoms with van der Waals surface area (Å²) in [5.74, 6) is -0.274. The minimum atomic E-state index is -3.00. The maximum absolute atomic E-state index is 13.9. The summed E-state index contributed by atoms with van der Waals surface area (Å²) in [7, 11) is 1.55. The molecule has 2 aliphatic rings. The van der Waals surface area contributed by atoms with Gasteiger partial charge in [0.2, 0.25) is 0 Å². The summed E-state index contributed by atoms with van der Waals surface area (Å²) >= 11 is 0. The smallest absolute Gasteiger partial charge is 0.387 e. The molecule has 1 aliphatic heterocycles. The van der Waals surface area contributed by atoms with E-state index >= 15 is 0 Å². The molecule has 8 nitrogen and oxygen atoms in total. The Morgan fingerprint density at radius 1 is 1.20 bits per heavy atom. The lowest BCUT2D eigenvalue weighted by atomic mass is 9.74. The van der Waals surface area contributed by atoms with Gasteiger partial charge in [-0.15, -0.1) is 0 Å². The average Bonchev–Trinajstić information content (AvgIpc) is 3.31. The summed E-state index contributed by atoms with van der Waals surface area (Å²) in [5.41, 5.74) is -0.594. The molecule has 0 unspecified atom stereocenters. The molecule has 35 heavy (non-hydrogen) atoms. The monoisotopic (exact) mass is 490 g/mol. The molecule has 1 N–H and O–H groups in total. The van der Waals surface area contributed by atoms with Crippen LogP contribution >= 0.6 is 0 Å². The van der Waals surface area contributed by atoms with E-state index in [4.69, 9.17) is 4.74 Å². The number of halogens is 2. The highest BCUT2D eigenvalue weighted by atomic mass is 19.3. The first-order valence-electron chi connectivity index (χ1n) is 11.9. The molecular weight excluding hydrogens is 458 g/mol. The second-order valence-corrected chi connectivity index (χ2v) is 9.67. The zero-order valence-corrected chi connectivity index (χ0v) is 20.2. The minimum absolute atomic E-state index is 0.0905. The Labute approximate surface area is 203 Å². The van der Waals surface area contributed by atoms with Crippen LogP contribution in [0.2, 0.25) is 0 Å². The summed E-state index contributed by atoms with van der Waals surface area (Å²) in [6.45, 7) is 2.33. The van der Waals surface area contributed by atoms with Gasteiger partial charge in [0.05, 0.1) is 5.69 Å². The lowest BCUT2D eigenvalue weighted by Gasteiger charge is -2.51. The highest BCUT2D eigenvalue weighted by Gasteiger charge is 2.51. The van der Waals surface area contributed by atoms with Crippen LogP contribution in [-0.4, -0.2) is 65.3 Å². The van der Waals surface area contributed by atoms with Crippen molar-refractivity contribution in [3.63, 3.8) is 0 Å². The first kappa shape index (κ1) is 25.2. The van der Waals surface area contributed by atoms with Crippen LogP contribution in [0.5, 0.6) is 5.75 Å². The van der Waals surface area contributed by atoms with Gasteiger partial charge in [0, 0.05) is 38.1 Å². The third kappa shape index (κ3) is 4.81. The molecule has 1 aromatic heterocycles. The number of alkyl halides is 2. The molecule has 1 saturated heterocycles. The van der Waals surface area contributed by atoms with Gasteiger partial charge in [-0.05, 0) is 49.8 Å². The molecule has 0 spiro atoms. The Hall–Kier alpha value is -2.85. The third-order valence-electron chi connectivity index (χ3n) is 7.37. The number of nitrogens with one attached hydrogen (secondary N) is 1. The number of carbonyl (C=O) groups is 2. The van der Waals surface area contributed by atoms with Gasteiger partial charge in [-0.25, -0.2) is 0 Å². The SMILES string of the molecule is COC1(C=O)CC(N2CCC(C(=O)Nc3ccccc3OC(F)F)(n3nccc3C(C)C)CC2)C1. The number of para-hydroxylation sites is 2. The van der Waals surface area contributed by atoms with Gasteiger partial charge < -0.3 is 19.6 Å². The number of benzene rings is 1. The average molecular weight is 491 g/mol. The highest BCUT2D eigenvalue weighted by Crippen LogP contribution is 2.41. The van der Waals surface area contributed by atoms with Gasteiger partial charge in [0.15, 0.2) is 6.29 Å². The van der Waals surface area contributed by atoms with E-state index in [1.54, 1.807) is 36.2 Å². The second kappa shape index (κ2) is 10.0. The van der Waals surface area contributed by atoms with Gasteiger partial charge in [0.1, 0.15) is 16.9 Å². The summed E-state index contributed by atoms with van der Waals surface area (Å²) in [6, 6.07) is 8.29. The summed E-state index contributed by atoms with van der Waals surface area (Å²) in [5, 5.41) is 7.38. The molecule has 10 heteroatoms. The van der Waals surface area contributed by atoms with Crippen molar-refractivity contribution in [2.45, 2.75) is 69.2 Å². The van der Waals surface area contributed by atoms with E-state index in [-0.39, 0.29) is 29.3 Å². The predicted octanol–water partition coefficient (Wildman–Crippen LogP) is 3.78. The van der Waals surface area contributed by atoms with Crippen LogP contribution in [0.3, 0.4) is 0 Å². The molecule has 1 amide bonds. The van der Waals surface area contributed by atoms with Crippen molar-refractivity contribution in [1.29, 1.82) is 0 Å². The van der Waals surface area contributed by atoms with Crippen LogP contribution < -0.4 is 10.1 Å². The number of hydrogen-bond donors (Lipinski definition) is 1. The molecular formula is C25H32F2N4O4. The summed E-state index contributed by atoms with van der Waals surface area (Å²) < 4.78 is 37.6. The zero-order chi connectivity index (χ0) is 25.2. The molecule has 0 atom stereocenters. The second-order valence-electron chi connectivity index (χ2n) is 9.67. The molecule has 4 rings (SSSR count). The van der Waals surface area contributed by atoms with E-state index in [1.807, 2.05) is 19.9 Å². The van der Waals surface area contributed by atoms with Gasteiger partial charge in [-0.3, -0.25) is 14.4 Å². The van der Waals surface area contributed by atoms with E-state index in [2.05, 4.69) is 20.1 Å². The van der Waals surface area contributed by atoms with Crippen molar-refractivity contribution in [3.8, 4) is 5.75 Å². The molecule has 2 heterocycles. The summed E-state index contributed by atoms with van der Waals surface area (Å²) in [4.78, 5) is 27.6. The third-order valence-corrected chi connectivity index (χ3v) is 7.37. The maximum Gasteiger partial charge on any atom is 0.387 e. The van der Waals surface area contributed by atoms with Gasteiger partial charge in [-0.2, -0.15) is 13.9 Å². The lowest BCUT2D eigenvalue weighted by molar-refractivity contribution is -0.152. The lowest BCUT2D eigenvalue weighted by Crippen LogP contribution is -2.61.